The van der Waals surface area contributed by atoms with E-state index in [0.29, 0.717) is 0 Å². The second-order valence-electron chi connectivity index (χ2n) is 6.78. The number of hydrogen-bond acceptors (Lipinski definition) is 4. The minimum Gasteiger partial charge on any atom is -0.280 e. The molecule has 4 heteroatoms. The van der Waals surface area contributed by atoms with Gasteiger partial charge in [0.25, 0.3) is 0 Å². The van der Waals surface area contributed by atoms with E-state index in [4.69, 9.17) is 9.98 Å². The maximum atomic E-state index is 4.93. The van der Waals surface area contributed by atoms with Crippen molar-refractivity contribution in [1.29, 1.82) is 0 Å². The van der Waals surface area contributed by atoms with Crippen LogP contribution in [0.4, 0.5) is 0 Å². The van der Waals surface area contributed by atoms with E-state index in [9.17, 15) is 0 Å². The van der Waals surface area contributed by atoms with Crippen LogP contribution in [0.15, 0.2) is 119 Å². The van der Waals surface area contributed by atoms with Gasteiger partial charge in [-0.25, -0.2) is 0 Å². The number of pyridine rings is 2. The molecule has 146 valence electrons. The highest BCUT2D eigenvalue weighted by atomic mass is 14.9. The zero-order valence-corrected chi connectivity index (χ0v) is 16.5. The number of benzene rings is 2. The molecule has 0 radical (unpaired) electrons. The van der Waals surface area contributed by atoms with Crippen LogP contribution < -0.4 is 0 Å². The largest absolute Gasteiger partial charge is 0.280 e. The zero-order chi connectivity index (χ0) is 20.4. The third kappa shape index (κ3) is 5.11. The summed E-state index contributed by atoms with van der Waals surface area (Å²) in [6, 6.07) is 31.7. The third-order valence-corrected chi connectivity index (χ3v) is 4.69. The molecule has 2 heterocycles. The highest BCUT2D eigenvalue weighted by molar-refractivity contribution is 5.78. The molecule has 0 saturated heterocycles. The number of rotatable bonds is 7. The zero-order valence-electron chi connectivity index (χ0n) is 16.5. The molecule has 0 aliphatic rings. The Balaban J connectivity index is 1.76. The molecular weight excluding hydrogens is 368 g/mol. The molecule has 2 aromatic heterocycles. The average Bonchev–Trinajstić information content (AvgIpc) is 2.83. The number of hydrogen-bond donors (Lipinski definition) is 0. The predicted molar refractivity (Wildman–Crippen MR) is 122 cm³/mol. The second-order valence-corrected chi connectivity index (χ2v) is 6.78. The first kappa shape index (κ1) is 19.4. The lowest BCUT2D eigenvalue weighted by Crippen LogP contribution is -2.09. The van der Waals surface area contributed by atoms with E-state index in [-0.39, 0.29) is 12.1 Å². The lowest BCUT2D eigenvalue weighted by atomic mass is 9.94. The molecule has 0 amide bonds. The molecule has 0 saturated carbocycles. The van der Waals surface area contributed by atoms with Crippen molar-refractivity contribution in [3.05, 3.63) is 132 Å². The molecule has 0 N–H and O–H groups in total. The van der Waals surface area contributed by atoms with Gasteiger partial charge in [0.1, 0.15) is 12.1 Å². The smallest absolute Gasteiger partial charge is 0.101 e. The summed E-state index contributed by atoms with van der Waals surface area (Å²) in [4.78, 5) is 18.6. The molecule has 0 fully saturated rings. The Morgan fingerprint density at radius 2 is 0.900 bits per heavy atom. The van der Waals surface area contributed by atoms with E-state index in [2.05, 4.69) is 34.2 Å². The van der Waals surface area contributed by atoms with Crippen LogP contribution in [0.25, 0.3) is 0 Å². The summed E-state index contributed by atoms with van der Waals surface area (Å²) in [6.45, 7) is 0. The van der Waals surface area contributed by atoms with Crippen molar-refractivity contribution in [2.75, 3.05) is 0 Å². The van der Waals surface area contributed by atoms with E-state index in [1.165, 1.54) is 0 Å². The lowest BCUT2D eigenvalue weighted by molar-refractivity contribution is 0.583. The standard InChI is InChI=1S/C26H22N4/c1-3-11-21(12-4-1)25(29-19-23-15-7-9-17-27-23)26(22-13-5-2-6-14-22)30-20-24-16-8-10-18-28-24/h1-20,25-26H/t25-,26-/m0/s1. The van der Waals surface area contributed by atoms with Crippen LogP contribution in [-0.2, 0) is 0 Å². The van der Waals surface area contributed by atoms with Gasteiger partial charge in [0, 0.05) is 24.8 Å². The Morgan fingerprint density at radius 1 is 0.500 bits per heavy atom. The molecule has 2 aromatic carbocycles. The predicted octanol–water partition coefficient (Wildman–Crippen LogP) is 5.50. The Kier molecular flexibility index (Phi) is 6.48. The molecule has 30 heavy (non-hydrogen) atoms. The van der Waals surface area contributed by atoms with Gasteiger partial charge < -0.3 is 0 Å². The van der Waals surface area contributed by atoms with Crippen LogP contribution >= 0.6 is 0 Å². The number of nitrogens with zero attached hydrogens (tertiary/aromatic N) is 4. The first-order valence-corrected chi connectivity index (χ1v) is 9.88. The van der Waals surface area contributed by atoms with Crippen molar-refractivity contribution >= 4 is 12.4 Å². The second kappa shape index (κ2) is 10.0. The van der Waals surface area contributed by atoms with Gasteiger partial charge in [-0.3, -0.25) is 20.0 Å². The summed E-state index contributed by atoms with van der Waals surface area (Å²) >= 11 is 0. The van der Waals surface area contributed by atoms with Crippen LogP contribution in [0.1, 0.15) is 34.6 Å². The lowest BCUT2D eigenvalue weighted by Gasteiger charge is -2.22. The van der Waals surface area contributed by atoms with Gasteiger partial charge in [-0.05, 0) is 35.4 Å². The summed E-state index contributed by atoms with van der Waals surface area (Å²) in [5.74, 6) is 0. The van der Waals surface area contributed by atoms with Crippen molar-refractivity contribution in [1.82, 2.24) is 9.97 Å². The topological polar surface area (TPSA) is 50.5 Å². The molecule has 4 nitrogen and oxygen atoms in total. The van der Waals surface area contributed by atoms with Gasteiger partial charge in [0.05, 0.1) is 11.4 Å². The van der Waals surface area contributed by atoms with Crippen molar-refractivity contribution in [2.24, 2.45) is 9.98 Å². The van der Waals surface area contributed by atoms with Crippen molar-refractivity contribution in [3.8, 4) is 0 Å². The quantitative estimate of drug-likeness (QED) is 0.391. The molecule has 4 rings (SSSR count). The Bertz CT molecular complexity index is 988. The van der Waals surface area contributed by atoms with E-state index in [1.54, 1.807) is 12.4 Å². The third-order valence-electron chi connectivity index (χ3n) is 4.69. The molecule has 0 bridgehead atoms. The van der Waals surface area contributed by atoms with Crippen LogP contribution in [-0.4, -0.2) is 22.4 Å². The van der Waals surface area contributed by atoms with Gasteiger partial charge in [-0.2, -0.15) is 0 Å². The summed E-state index contributed by atoms with van der Waals surface area (Å²) < 4.78 is 0. The maximum absolute atomic E-state index is 4.93. The minimum atomic E-state index is -0.199. The fraction of sp³-hybridized carbons (Fsp3) is 0.0769. The summed E-state index contributed by atoms with van der Waals surface area (Å²) in [7, 11) is 0. The molecule has 4 aromatic rings. The van der Waals surface area contributed by atoms with Crippen LogP contribution in [0, 0.1) is 0 Å². The fourth-order valence-corrected chi connectivity index (χ4v) is 3.22. The van der Waals surface area contributed by atoms with Gasteiger partial charge in [0.2, 0.25) is 0 Å². The Hall–Kier alpha value is -3.92. The summed E-state index contributed by atoms with van der Waals surface area (Å²) in [5, 5.41) is 0. The summed E-state index contributed by atoms with van der Waals surface area (Å²) in [6.07, 6.45) is 7.19. The van der Waals surface area contributed by atoms with Gasteiger partial charge in [-0.1, -0.05) is 72.8 Å². The first-order valence-electron chi connectivity index (χ1n) is 9.88. The minimum absolute atomic E-state index is 0.199. The van der Waals surface area contributed by atoms with Gasteiger partial charge in [0.15, 0.2) is 0 Å². The summed E-state index contributed by atoms with van der Waals surface area (Å²) in [5.41, 5.74) is 3.83. The highest BCUT2D eigenvalue weighted by Crippen LogP contribution is 2.35. The average molecular weight is 390 g/mol. The molecule has 0 unspecified atom stereocenters. The normalized spacial score (nSPS) is 13.5. The van der Waals surface area contributed by atoms with Crippen LogP contribution in [0.3, 0.4) is 0 Å². The van der Waals surface area contributed by atoms with E-state index in [1.807, 2.05) is 85.2 Å². The molecular formula is C26H22N4. The van der Waals surface area contributed by atoms with Crippen molar-refractivity contribution in [2.45, 2.75) is 12.1 Å². The molecule has 2 atom stereocenters. The van der Waals surface area contributed by atoms with E-state index >= 15 is 0 Å². The van der Waals surface area contributed by atoms with Gasteiger partial charge >= 0.3 is 0 Å². The Morgan fingerprint density at radius 3 is 1.27 bits per heavy atom. The van der Waals surface area contributed by atoms with Gasteiger partial charge in [-0.15, -0.1) is 0 Å². The van der Waals surface area contributed by atoms with Crippen LogP contribution in [0.2, 0.25) is 0 Å². The fourth-order valence-electron chi connectivity index (χ4n) is 3.22. The maximum Gasteiger partial charge on any atom is 0.101 e. The van der Waals surface area contributed by atoms with Crippen molar-refractivity contribution in [3.63, 3.8) is 0 Å². The van der Waals surface area contributed by atoms with E-state index in [0.717, 1.165) is 22.5 Å². The monoisotopic (exact) mass is 390 g/mol. The number of aromatic nitrogens is 2. The molecule has 0 aliphatic carbocycles. The first-order chi connectivity index (χ1) is 14.9. The SMILES string of the molecule is C(=N[C@@H](c1ccccc1)[C@@H](N=Cc1ccccn1)c1ccccc1)c1ccccn1. The molecule has 0 aliphatic heterocycles. The Labute approximate surface area is 176 Å². The number of aliphatic imine (C=N–C) groups is 2. The molecule has 0 spiro atoms. The van der Waals surface area contributed by atoms with Crippen molar-refractivity contribution < 1.29 is 0 Å². The van der Waals surface area contributed by atoms with Crippen LogP contribution in [0.5, 0.6) is 0 Å². The van der Waals surface area contributed by atoms with E-state index < -0.39 is 0 Å². The highest BCUT2D eigenvalue weighted by Gasteiger charge is 2.23.